The number of Topliss-reactive ketones (excluding diaryl/α,β-unsaturated/α-hetero) is 1. The van der Waals surface area contributed by atoms with Gasteiger partial charge in [-0.2, -0.15) is 0 Å². The van der Waals surface area contributed by atoms with Gasteiger partial charge in [-0.3, -0.25) is 4.79 Å². The molecule has 0 aliphatic carbocycles. The lowest BCUT2D eigenvalue weighted by Crippen LogP contribution is -3.20. The Morgan fingerprint density at radius 2 is 2.00 bits per heavy atom. The van der Waals surface area contributed by atoms with E-state index in [9.17, 15) is 4.79 Å². The Bertz CT molecular complexity index is 177. The van der Waals surface area contributed by atoms with E-state index < -0.39 is 0 Å². The first kappa shape index (κ1) is 9.72. The van der Waals surface area contributed by atoms with Gasteiger partial charge >= 0.3 is 0 Å². The van der Waals surface area contributed by atoms with Crippen molar-refractivity contribution in [1.29, 1.82) is 0 Å². The van der Waals surface area contributed by atoms with Crippen LogP contribution in [0.1, 0.15) is 34.1 Å². The van der Waals surface area contributed by atoms with Crippen molar-refractivity contribution in [2.24, 2.45) is 5.92 Å². The summed E-state index contributed by atoms with van der Waals surface area (Å²) in [5.41, 5.74) is 0. The molecule has 70 valence electrons. The Labute approximate surface area is 74.9 Å². The maximum Gasteiger partial charge on any atom is 0.147 e. The molecule has 0 aromatic heterocycles. The van der Waals surface area contributed by atoms with Gasteiger partial charge in [0.25, 0.3) is 0 Å². The van der Waals surface area contributed by atoms with Crippen molar-refractivity contribution >= 4 is 5.78 Å². The Balaban J connectivity index is 2.61. The lowest BCUT2D eigenvalue weighted by molar-refractivity contribution is -0.948. The molecular formula is C10H20NO+. The molecule has 1 fully saturated rings. The maximum absolute atomic E-state index is 11.4. The highest BCUT2D eigenvalue weighted by molar-refractivity contribution is 5.81. The van der Waals surface area contributed by atoms with Crippen LogP contribution in [0.2, 0.25) is 0 Å². The Hall–Kier alpha value is -0.370. The molecule has 2 nitrogen and oxygen atoms in total. The van der Waals surface area contributed by atoms with E-state index in [1.54, 1.807) is 4.90 Å². The summed E-state index contributed by atoms with van der Waals surface area (Å²) in [5.74, 6) is 0.727. The van der Waals surface area contributed by atoms with Crippen molar-refractivity contribution in [3.05, 3.63) is 0 Å². The van der Waals surface area contributed by atoms with Crippen LogP contribution < -0.4 is 4.90 Å². The number of quaternary nitrogens is 1. The van der Waals surface area contributed by atoms with Gasteiger partial charge in [-0.25, -0.2) is 0 Å². The van der Waals surface area contributed by atoms with Gasteiger partial charge in [0.05, 0.1) is 31.0 Å². The number of likely N-dealkylation sites (tertiary alicyclic amines) is 1. The molecule has 0 aromatic rings. The maximum atomic E-state index is 11.4. The van der Waals surface area contributed by atoms with E-state index >= 15 is 0 Å². The smallest absolute Gasteiger partial charge is 0.147 e. The van der Waals surface area contributed by atoms with Crippen molar-refractivity contribution in [3.63, 3.8) is 0 Å². The van der Waals surface area contributed by atoms with Crippen LogP contribution in [0, 0.1) is 5.92 Å². The summed E-state index contributed by atoms with van der Waals surface area (Å²) in [5, 5.41) is 0. The zero-order chi connectivity index (χ0) is 9.30. The van der Waals surface area contributed by atoms with Crippen LogP contribution in [0.25, 0.3) is 0 Å². The summed E-state index contributed by atoms with van der Waals surface area (Å²) in [6, 6.07) is 1.17. The molecule has 0 radical (unpaired) electrons. The first-order valence-corrected chi connectivity index (χ1v) is 4.90. The van der Waals surface area contributed by atoms with Crippen LogP contribution in [-0.2, 0) is 4.79 Å². The van der Waals surface area contributed by atoms with Crippen molar-refractivity contribution in [3.8, 4) is 0 Å². The van der Waals surface area contributed by atoms with Crippen molar-refractivity contribution < 1.29 is 9.69 Å². The van der Waals surface area contributed by atoms with Crippen molar-refractivity contribution in [1.82, 2.24) is 0 Å². The lowest BCUT2D eigenvalue weighted by atomic mass is 9.92. The fraction of sp³-hybridized carbons (Fsp3) is 0.900. The molecule has 12 heavy (non-hydrogen) atoms. The summed E-state index contributed by atoms with van der Waals surface area (Å²) in [6.07, 6.45) is 0.772. The predicted octanol–water partition coefficient (Wildman–Crippen LogP) is 0.277. The molecule has 1 aliphatic rings. The normalized spacial score (nSPS) is 37.4. The zero-order valence-corrected chi connectivity index (χ0v) is 8.55. The fourth-order valence-electron chi connectivity index (χ4n) is 2.11. The number of hydrogen-bond donors (Lipinski definition) is 1. The summed E-state index contributed by atoms with van der Waals surface area (Å²) in [4.78, 5) is 12.9. The van der Waals surface area contributed by atoms with Gasteiger partial charge in [-0.15, -0.1) is 0 Å². The van der Waals surface area contributed by atoms with Crippen molar-refractivity contribution in [2.45, 2.75) is 46.2 Å². The number of rotatable bonds is 1. The second-order valence-electron chi connectivity index (χ2n) is 4.41. The molecule has 1 heterocycles. The average Bonchev–Trinajstić information content (AvgIpc) is 1.96. The largest absolute Gasteiger partial charge is 0.330 e. The molecule has 0 bridgehead atoms. The fourth-order valence-corrected chi connectivity index (χ4v) is 2.11. The van der Waals surface area contributed by atoms with E-state index in [4.69, 9.17) is 0 Å². The van der Waals surface area contributed by atoms with Crippen LogP contribution in [0.5, 0.6) is 0 Å². The highest BCUT2D eigenvalue weighted by Crippen LogP contribution is 2.06. The summed E-state index contributed by atoms with van der Waals surface area (Å²) in [7, 11) is 0. The molecule has 0 saturated carbocycles. The molecular weight excluding hydrogens is 150 g/mol. The lowest BCUT2D eigenvalue weighted by Gasteiger charge is -2.35. The monoisotopic (exact) mass is 170 g/mol. The molecule has 1 saturated heterocycles. The number of hydrogen-bond acceptors (Lipinski definition) is 1. The number of ketones is 1. The SMILES string of the molecule is CC(C)[NH+]1C[C@@H](C)C(=O)C[C@H]1C. The van der Waals surface area contributed by atoms with Gasteiger partial charge < -0.3 is 4.90 Å². The van der Waals surface area contributed by atoms with Gasteiger partial charge in [-0.05, 0) is 20.8 Å². The molecule has 0 spiro atoms. The zero-order valence-electron chi connectivity index (χ0n) is 8.55. The van der Waals surface area contributed by atoms with Crippen molar-refractivity contribution in [2.75, 3.05) is 6.54 Å². The van der Waals surface area contributed by atoms with Crippen LogP contribution in [0.15, 0.2) is 0 Å². The standard InChI is InChI=1S/C10H19NO/c1-7(2)11-6-8(3)10(12)5-9(11)4/h7-9H,5-6H2,1-4H3/p+1/t8-,9-/m1/s1. The number of nitrogens with one attached hydrogen (secondary N) is 1. The summed E-state index contributed by atoms with van der Waals surface area (Å²) >= 11 is 0. The van der Waals surface area contributed by atoms with E-state index in [1.165, 1.54) is 0 Å². The third kappa shape index (κ3) is 1.86. The van der Waals surface area contributed by atoms with Crippen LogP contribution in [-0.4, -0.2) is 24.4 Å². The van der Waals surface area contributed by atoms with Crippen LogP contribution >= 0.6 is 0 Å². The Kier molecular flexibility index (Phi) is 2.89. The second-order valence-corrected chi connectivity index (χ2v) is 4.41. The minimum absolute atomic E-state index is 0.276. The molecule has 1 rings (SSSR count). The minimum Gasteiger partial charge on any atom is -0.330 e. The third-order valence-electron chi connectivity index (χ3n) is 2.97. The minimum atomic E-state index is 0.276. The third-order valence-corrected chi connectivity index (χ3v) is 2.97. The summed E-state index contributed by atoms with van der Waals surface area (Å²) < 4.78 is 0. The predicted molar refractivity (Wildman–Crippen MR) is 49.2 cm³/mol. The Morgan fingerprint density at radius 1 is 1.42 bits per heavy atom. The second kappa shape index (κ2) is 3.56. The number of carbonyl (C=O) groups is 1. The molecule has 0 aromatic carbocycles. The molecule has 2 heteroatoms. The summed E-state index contributed by atoms with van der Waals surface area (Å²) in [6.45, 7) is 9.72. The van der Waals surface area contributed by atoms with E-state index in [2.05, 4.69) is 27.7 Å². The molecule has 1 N–H and O–H groups in total. The van der Waals surface area contributed by atoms with E-state index in [0.29, 0.717) is 17.9 Å². The first-order chi connectivity index (χ1) is 5.52. The van der Waals surface area contributed by atoms with E-state index in [-0.39, 0.29) is 5.92 Å². The molecule has 0 amide bonds. The van der Waals surface area contributed by atoms with E-state index in [1.807, 2.05) is 0 Å². The first-order valence-electron chi connectivity index (χ1n) is 4.90. The molecule has 1 unspecified atom stereocenters. The Morgan fingerprint density at radius 3 is 2.50 bits per heavy atom. The number of carbonyl (C=O) groups excluding carboxylic acids is 1. The quantitative estimate of drug-likeness (QED) is 0.599. The van der Waals surface area contributed by atoms with Gasteiger partial charge in [0.1, 0.15) is 5.78 Å². The molecule has 3 atom stereocenters. The van der Waals surface area contributed by atoms with Gasteiger partial charge in [0.2, 0.25) is 0 Å². The van der Waals surface area contributed by atoms with Crippen LogP contribution in [0.3, 0.4) is 0 Å². The van der Waals surface area contributed by atoms with Gasteiger partial charge in [0.15, 0.2) is 0 Å². The van der Waals surface area contributed by atoms with Gasteiger partial charge in [-0.1, -0.05) is 6.92 Å². The molecule has 1 aliphatic heterocycles. The van der Waals surface area contributed by atoms with Gasteiger partial charge in [0, 0.05) is 0 Å². The average molecular weight is 170 g/mol. The highest BCUT2D eigenvalue weighted by Gasteiger charge is 2.33. The topological polar surface area (TPSA) is 21.5 Å². The number of piperidine rings is 1. The highest BCUT2D eigenvalue weighted by atomic mass is 16.1. The van der Waals surface area contributed by atoms with Crippen LogP contribution in [0.4, 0.5) is 0 Å². The van der Waals surface area contributed by atoms with E-state index in [0.717, 1.165) is 13.0 Å².